The van der Waals surface area contributed by atoms with Gasteiger partial charge >= 0.3 is 6.09 Å². The average molecular weight is 503 g/mol. The summed E-state index contributed by atoms with van der Waals surface area (Å²) in [6, 6.07) is 12.7. The molecular weight excluding hydrogens is 475 g/mol. The van der Waals surface area contributed by atoms with Crippen molar-refractivity contribution >= 4 is 28.5 Å². The molecule has 0 atom stereocenters. The zero-order valence-corrected chi connectivity index (χ0v) is 20.2. The standard InChI is InChI=1S/C27H27FN6O3/c1-15-22(28)23(29)18-5-2-3-6-19(18)24(15)37-25-20(7-4-13-30-25)21-12-14-31-26(34-21)32-16-8-10-17(11-9-16)33-27(35)36/h2-7,12-14,16-17,33H,8-11,29H2,1H3,(H,35,36)(H,31,32,34)/t16-,17-. The summed E-state index contributed by atoms with van der Waals surface area (Å²) in [7, 11) is 0. The monoisotopic (exact) mass is 502 g/mol. The number of nitrogen functional groups attached to an aromatic ring is 1. The number of benzene rings is 2. The zero-order chi connectivity index (χ0) is 25.9. The summed E-state index contributed by atoms with van der Waals surface area (Å²) >= 11 is 0. The summed E-state index contributed by atoms with van der Waals surface area (Å²) in [6.45, 7) is 1.63. The van der Waals surface area contributed by atoms with E-state index in [9.17, 15) is 9.18 Å². The molecule has 37 heavy (non-hydrogen) atoms. The number of rotatable bonds is 6. The Balaban J connectivity index is 1.41. The highest BCUT2D eigenvalue weighted by molar-refractivity contribution is 5.98. The minimum absolute atomic E-state index is 0.0318. The third-order valence-electron chi connectivity index (χ3n) is 6.66. The lowest BCUT2D eigenvalue weighted by Crippen LogP contribution is -2.39. The molecule has 0 bridgehead atoms. The molecule has 1 fully saturated rings. The van der Waals surface area contributed by atoms with Crippen molar-refractivity contribution in [2.24, 2.45) is 0 Å². The molecular formula is C27H27FN6O3. The van der Waals surface area contributed by atoms with Crippen LogP contribution in [0.3, 0.4) is 0 Å². The van der Waals surface area contributed by atoms with Crippen molar-refractivity contribution in [2.45, 2.75) is 44.7 Å². The second-order valence-electron chi connectivity index (χ2n) is 9.09. The molecule has 1 saturated carbocycles. The maximum Gasteiger partial charge on any atom is 0.404 e. The number of amides is 1. The molecule has 1 aliphatic carbocycles. The second kappa shape index (κ2) is 10.3. The van der Waals surface area contributed by atoms with Gasteiger partial charge in [0.05, 0.1) is 16.9 Å². The number of aromatic nitrogens is 3. The predicted octanol–water partition coefficient (Wildman–Crippen LogP) is 5.50. The molecule has 10 heteroatoms. The summed E-state index contributed by atoms with van der Waals surface area (Å²) in [6.07, 6.45) is 5.36. The maximum absolute atomic E-state index is 14.9. The fourth-order valence-electron chi connectivity index (χ4n) is 4.75. The lowest BCUT2D eigenvalue weighted by atomic mass is 9.91. The Kier molecular flexibility index (Phi) is 6.72. The molecule has 0 aliphatic heterocycles. The van der Waals surface area contributed by atoms with Gasteiger partial charge in [-0.05, 0) is 50.8 Å². The number of halogens is 1. The first-order valence-corrected chi connectivity index (χ1v) is 12.1. The van der Waals surface area contributed by atoms with Crippen LogP contribution in [0.25, 0.3) is 22.0 Å². The number of carbonyl (C=O) groups is 1. The van der Waals surface area contributed by atoms with Crippen LogP contribution in [0.5, 0.6) is 11.6 Å². The van der Waals surface area contributed by atoms with Crippen LogP contribution in [-0.2, 0) is 0 Å². The van der Waals surface area contributed by atoms with Gasteiger partial charge in [0.1, 0.15) is 5.75 Å². The lowest BCUT2D eigenvalue weighted by Gasteiger charge is -2.28. The number of carboxylic acid groups (broad SMARTS) is 1. The summed E-state index contributed by atoms with van der Waals surface area (Å²) < 4.78 is 21.2. The number of nitrogens with one attached hydrogen (secondary N) is 2. The Labute approximate surface area is 212 Å². The third kappa shape index (κ3) is 5.09. The van der Waals surface area contributed by atoms with E-state index >= 15 is 0 Å². The van der Waals surface area contributed by atoms with E-state index in [4.69, 9.17) is 15.6 Å². The van der Waals surface area contributed by atoms with Crippen LogP contribution >= 0.6 is 0 Å². The van der Waals surface area contributed by atoms with Crippen molar-refractivity contribution in [2.75, 3.05) is 11.1 Å². The highest BCUT2D eigenvalue weighted by Gasteiger charge is 2.23. The Bertz CT molecular complexity index is 1460. The van der Waals surface area contributed by atoms with Gasteiger partial charge in [-0.3, -0.25) is 0 Å². The van der Waals surface area contributed by atoms with E-state index in [1.807, 2.05) is 18.2 Å². The number of nitrogens with two attached hydrogens (primary N) is 1. The van der Waals surface area contributed by atoms with Crippen LogP contribution in [-0.4, -0.2) is 38.2 Å². The quantitative estimate of drug-likeness (QED) is 0.254. The van der Waals surface area contributed by atoms with E-state index < -0.39 is 11.9 Å². The van der Waals surface area contributed by atoms with E-state index in [1.54, 1.807) is 43.6 Å². The molecule has 4 aromatic rings. The van der Waals surface area contributed by atoms with Crippen LogP contribution in [0.2, 0.25) is 0 Å². The predicted molar refractivity (Wildman–Crippen MR) is 139 cm³/mol. The smallest absolute Gasteiger partial charge is 0.404 e. The van der Waals surface area contributed by atoms with Gasteiger partial charge in [0.15, 0.2) is 5.82 Å². The molecule has 9 nitrogen and oxygen atoms in total. The molecule has 2 aromatic carbocycles. The number of anilines is 2. The molecule has 0 spiro atoms. The van der Waals surface area contributed by atoms with Crippen LogP contribution in [0.15, 0.2) is 54.9 Å². The van der Waals surface area contributed by atoms with Crippen LogP contribution < -0.4 is 21.1 Å². The maximum atomic E-state index is 14.9. The van der Waals surface area contributed by atoms with Gasteiger partial charge in [0.2, 0.25) is 11.8 Å². The summed E-state index contributed by atoms with van der Waals surface area (Å²) in [5.74, 6) is 0.571. The Morgan fingerprint density at radius 3 is 2.51 bits per heavy atom. The first kappa shape index (κ1) is 24.2. The Morgan fingerprint density at radius 1 is 1.03 bits per heavy atom. The van der Waals surface area contributed by atoms with E-state index in [0.29, 0.717) is 39.3 Å². The molecule has 1 aliphatic rings. The fraction of sp³-hybridized carbons (Fsp3) is 0.259. The van der Waals surface area contributed by atoms with Crippen molar-refractivity contribution in [3.8, 4) is 22.9 Å². The summed E-state index contributed by atoms with van der Waals surface area (Å²) in [4.78, 5) is 24.3. The molecule has 0 radical (unpaired) electrons. The van der Waals surface area contributed by atoms with Crippen molar-refractivity contribution in [3.63, 3.8) is 0 Å². The topological polar surface area (TPSA) is 135 Å². The molecule has 1 amide bonds. The summed E-state index contributed by atoms with van der Waals surface area (Å²) in [5.41, 5.74) is 7.63. The largest absolute Gasteiger partial charge is 0.465 e. The summed E-state index contributed by atoms with van der Waals surface area (Å²) in [5, 5.41) is 16.1. The molecule has 0 unspecified atom stereocenters. The zero-order valence-electron chi connectivity index (χ0n) is 20.2. The first-order valence-electron chi connectivity index (χ1n) is 12.1. The van der Waals surface area contributed by atoms with Gasteiger partial charge in [-0.2, -0.15) is 0 Å². The van der Waals surface area contributed by atoms with Crippen molar-refractivity contribution < 1.29 is 19.0 Å². The number of ether oxygens (including phenoxy) is 1. The second-order valence-corrected chi connectivity index (χ2v) is 9.09. The number of nitrogens with zero attached hydrogens (tertiary/aromatic N) is 3. The third-order valence-corrected chi connectivity index (χ3v) is 6.66. The number of hydrogen-bond donors (Lipinski definition) is 4. The minimum Gasteiger partial charge on any atom is -0.465 e. The van der Waals surface area contributed by atoms with Gasteiger partial charge in [-0.25, -0.2) is 24.1 Å². The van der Waals surface area contributed by atoms with Crippen LogP contribution in [0.4, 0.5) is 20.8 Å². The molecule has 0 saturated heterocycles. The molecule has 2 aromatic heterocycles. The van der Waals surface area contributed by atoms with Gasteiger partial charge < -0.3 is 26.2 Å². The van der Waals surface area contributed by atoms with Crippen molar-refractivity contribution in [1.29, 1.82) is 0 Å². The van der Waals surface area contributed by atoms with E-state index in [2.05, 4.69) is 25.6 Å². The van der Waals surface area contributed by atoms with E-state index in [0.717, 1.165) is 25.7 Å². The first-order chi connectivity index (χ1) is 17.9. The number of hydrogen-bond acceptors (Lipinski definition) is 7. The molecule has 5 rings (SSSR count). The number of pyridine rings is 1. The van der Waals surface area contributed by atoms with Crippen LogP contribution in [0.1, 0.15) is 31.2 Å². The fourth-order valence-corrected chi connectivity index (χ4v) is 4.75. The van der Waals surface area contributed by atoms with Gasteiger partial charge in [0, 0.05) is 40.8 Å². The van der Waals surface area contributed by atoms with Crippen molar-refractivity contribution in [3.05, 3.63) is 66.2 Å². The highest BCUT2D eigenvalue weighted by Crippen LogP contribution is 2.40. The number of fused-ring (bicyclic) bond motifs is 1. The normalized spacial score (nSPS) is 17.4. The highest BCUT2D eigenvalue weighted by atomic mass is 19.1. The van der Waals surface area contributed by atoms with Gasteiger partial charge in [-0.1, -0.05) is 24.3 Å². The van der Waals surface area contributed by atoms with Crippen molar-refractivity contribution in [1.82, 2.24) is 20.3 Å². The molecule has 5 N–H and O–H groups in total. The molecule has 2 heterocycles. The van der Waals surface area contributed by atoms with Gasteiger partial charge in [-0.15, -0.1) is 0 Å². The Hall–Kier alpha value is -4.47. The van der Waals surface area contributed by atoms with Crippen LogP contribution in [0, 0.1) is 12.7 Å². The van der Waals surface area contributed by atoms with E-state index in [-0.39, 0.29) is 23.7 Å². The lowest BCUT2D eigenvalue weighted by molar-refractivity contribution is 0.185. The molecule has 190 valence electrons. The van der Waals surface area contributed by atoms with Gasteiger partial charge in [0.25, 0.3) is 0 Å². The minimum atomic E-state index is -0.994. The average Bonchev–Trinajstić information content (AvgIpc) is 2.91. The van der Waals surface area contributed by atoms with E-state index in [1.165, 1.54) is 0 Å². The Morgan fingerprint density at radius 2 is 1.76 bits per heavy atom. The SMILES string of the molecule is Cc1c(F)c(N)c2ccccc2c1Oc1ncccc1-c1ccnc(N[C@H]2CC[C@H](NC(=O)O)CC2)n1.